The van der Waals surface area contributed by atoms with Crippen molar-refractivity contribution in [3.05, 3.63) is 12.1 Å². The number of benzene rings is 1. The molecular formula is C18H23N3O7S2. The Kier molecular flexibility index (Phi) is 6.76. The molecule has 0 bridgehead atoms. The first-order valence-electron chi connectivity index (χ1n) is 9.00. The summed E-state index contributed by atoms with van der Waals surface area (Å²) in [6, 6.07) is 3.08. The number of nitrogens with zero attached hydrogens (tertiary/aromatic N) is 3. The number of hydrogen-bond donors (Lipinski definition) is 0. The predicted octanol–water partition coefficient (Wildman–Crippen LogP) is 1.50. The zero-order valence-electron chi connectivity index (χ0n) is 17.1. The fourth-order valence-corrected chi connectivity index (χ4v) is 5.56. The van der Waals surface area contributed by atoms with E-state index >= 15 is 0 Å². The van der Waals surface area contributed by atoms with Gasteiger partial charge in [0.2, 0.25) is 17.5 Å². The summed E-state index contributed by atoms with van der Waals surface area (Å²) in [4.78, 5) is 13.9. The lowest BCUT2D eigenvalue weighted by molar-refractivity contribution is -0.128. The third-order valence-corrected chi connectivity index (χ3v) is 7.34. The predicted molar refractivity (Wildman–Crippen MR) is 110 cm³/mol. The van der Waals surface area contributed by atoms with E-state index in [1.165, 1.54) is 26.2 Å². The van der Waals surface area contributed by atoms with Crippen molar-refractivity contribution in [2.75, 3.05) is 45.6 Å². The smallest absolute Gasteiger partial charge is 0.277 e. The first-order valence-corrected chi connectivity index (χ1v) is 11.8. The molecule has 164 valence electrons. The molecule has 1 aliphatic rings. The first-order chi connectivity index (χ1) is 14.3. The molecule has 1 saturated heterocycles. The minimum absolute atomic E-state index is 0.00570. The molecule has 1 amide bonds. The van der Waals surface area contributed by atoms with E-state index in [1.54, 1.807) is 19.2 Å². The highest BCUT2D eigenvalue weighted by Gasteiger charge is 2.32. The third kappa shape index (κ3) is 4.81. The number of methoxy groups -OCH3 is 3. The van der Waals surface area contributed by atoms with Gasteiger partial charge < -0.3 is 23.5 Å². The number of carbonyl (C=O) groups excluding carboxylic acids is 1. The summed E-state index contributed by atoms with van der Waals surface area (Å²) in [5, 5.41) is 8.21. The van der Waals surface area contributed by atoms with Crippen molar-refractivity contribution in [1.82, 2.24) is 15.1 Å². The van der Waals surface area contributed by atoms with Crippen LogP contribution in [0.1, 0.15) is 6.42 Å². The Bertz CT molecular complexity index is 998. The van der Waals surface area contributed by atoms with Gasteiger partial charge in [0.1, 0.15) is 0 Å². The second-order valence-corrected chi connectivity index (χ2v) is 9.79. The van der Waals surface area contributed by atoms with Gasteiger partial charge >= 0.3 is 0 Å². The highest BCUT2D eigenvalue weighted by atomic mass is 32.2. The molecule has 12 heteroatoms. The van der Waals surface area contributed by atoms with Gasteiger partial charge in [-0.25, -0.2) is 8.42 Å². The number of sulfone groups is 1. The van der Waals surface area contributed by atoms with Gasteiger partial charge in [-0.05, 0) is 18.6 Å². The fraction of sp³-hybridized carbons (Fsp3) is 0.500. The average Bonchev–Trinajstić information content (AvgIpc) is 3.36. The Morgan fingerprint density at radius 1 is 1.20 bits per heavy atom. The quantitative estimate of drug-likeness (QED) is 0.539. The molecule has 1 fully saturated rings. The van der Waals surface area contributed by atoms with Gasteiger partial charge in [0.15, 0.2) is 21.3 Å². The van der Waals surface area contributed by atoms with Gasteiger partial charge in [0.25, 0.3) is 5.22 Å². The summed E-state index contributed by atoms with van der Waals surface area (Å²) in [6.07, 6.45) is 0.459. The van der Waals surface area contributed by atoms with Crippen LogP contribution in [0.5, 0.6) is 17.2 Å². The number of amides is 1. The van der Waals surface area contributed by atoms with Gasteiger partial charge in [-0.15, -0.1) is 10.2 Å². The molecule has 0 unspecified atom stereocenters. The molecule has 10 nitrogen and oxygen atoms in total. The number of aromatic nitrogens is 2. The Hall–Kier alpha value is -2.47. The number of hydrogen-bond acceptors (Lipinski definition) is 10. The maximum absolute atomic E-state index is 12.4. The average molecular weight is 458 g/mol. The largest absolute Gasteiger partial charge is 0.493 e. The number of ether oxygens (including phenoxy) is 3. The van der Waals surface area contributed by atoms with Crippen LogP contribution in [0.4, 0.5) is 0 Å². The Morgan fingerprint density at radius 3 is 2.40 bits per heavy atom. The van der Waals surface area contributed by atoms with E-state index in [4.69, 9.17) is 18.6 Å². The molecule has 1 atom stereocenters. The summed E-state index contributed by atoms with van der Waals surface area (Å²) in [5.41, 5.74) is 0.573. The van der Waals surface area contributed by atoms with E-state index in [0.29, 0.717) is 29.2 Å². The van der Waals surface area contributed by atoms with Gasteiger partial charge in [-0.1, -0.05) is 11.8 Å². The zero-order chi connectivity index (χ0) is 21.9. The SMILES string of the molecule is COc1cc(-c2nnc(SCC(=O)N(C)[C@@H]3CCS(=O)(=O)C3)o2)cc(OC)c1OC. The molecule has 0 N–H and O–H groups in total. The lowest BCUT2D eigenvalue weighted by Crippen LogP contribution is -2.38. The minimum Gasteiger partial charge on any atom is -0.493 e. The van der Waals surface area contributed by atoms with Gasteiger partial charge in [0.05, 0.1) is 38.6 Å². The summed E-state index contributed by atoms with van der Waals surface area (Å²) in [7, 11) is 3.08. The van der Waals surface area contributed by atoms with E-state index in [9.17, 15) is 13.2 Å². The van der Waals surface area contributed by atoms with Crippen LogP contribution in [-0.4, -0.2) is 81.1 Å². The normalized spacial score (nSPS) is 17.5. The maximum atomic E-state index is 12.4. The maximum Gasteiger partial charge on any atom is 0.277 e. The summed E-state index contributed by atoms with van der Waals surface area (Å²) >= 11 is 1.09. The molecule has 0 spiro atoms. The Balaban J connectivity index is 1.68. The number of carbonyl (C=O) groups is 1. The molecule has 0 radical (unpaired) electrons. The molecule has 2 aromatic rings. The van der Waals surface area contributed by atoms with Crippen molar-refractivity contribution >= 4 is 27.5 Å². The van der Waals surface area contributed by atoms with Crippen LogP contribution in [0.15, 0.2) is 21.8 Å². The van der Waals surface area contributed by atoms with Crippen LogP contribution >= 0.6 is 11.8 Å². The van der Waals surface area contributed by atoms with Crippen molar-refractivity contribution in [1.29, 1.82) is 0 Å². The standard InChI is InChI=1S/C18H23N3O7S2/c1-21(12-5-6-30(23,24)10-12)15(22)9-29-18-20-19-17(28-18)11-7-13(25-2)16(27-4)14(8-11)26-3/h7-8,12H,5-6,9-10H2,1-4H3/t12-/m1/s1. The minimum atomic E-state index is -3.06. The summed E-state index contributed by atoms with van der Waals surface area (Å²) in [5.74, 6) is 1.56. The van der Waals surface area contributed by atoms with Crippen molar-refractivity contribution in [2.45, 2.75) is 17.7 Å². The molecule has 30 heavy (non-hydrogen) atoms. The second-order valence-electron chi connectivity index (χ2n) is 6.64. The van der Waals surface area contributed by atoms with Gasteiger partial charge in [-0.3, -0.25) is 4.79 Å². The second kappa shape index (κ2) is 9.13. The molecule has 1 aliphatic heterocycles. The topological polar surface area (TPSA) is 121 Å². The van der Waals surface area contributed by atoms with E-state index < -0.39 is 9.84 Å². The van der Waals surface area contributed by atoms with E-state index in [1.807, 2.05) is 0 Å². The Labute approximate surface area is 178 Å². The lowest BCUT2D eigenvalue weighted by atomic mass is 10.2. The fourth-order valence-electron chi connectivity index (χ4n) is 3.10. The molecule has 0 aliphatic carbocycles. The van der Waals surface area contributed by atoms with Crippen molar-refractivity contribution < 1.29 is 31.8 Å². The van der Waals surface area contributed by atoms with Crippen molar-refractivity contribution in [3.63, 3.8) is 0 Å². The molecular weight excluding hydrogens is 434 g/mol. The van der Waals surface area contributed by atoms with Crippen LogP contribution in [0.25, 0.3) is 11.5 Å². The van der Waals surface area contributed by atoms with Gasteiger partial charge in [0, 0.05) is 18.7 Å². The molecule has 2 heterocycles. The molecule has 0 saturated carbocycles. The van der Waals surface area contributed by atoms with E-state index in [2.05, 4.69) is 10.2 Å². The summed E-state index contributed by atoms with van der Waals surface area (Å²) in [6.45, 7) is 0. The monoisotopic (exact) mass is 457 g/mol. The van der Waals surface area contributed by atoms with Crippen LogP contribution < -0.4 is 14.2 Å². The molecule has 1 aromatic carbocycles. The first kappa shape index (κ1) is 22.2. The number of thioether (sulfide) groups is 1. The zero-order valence-corrected chi connectivity index (χ0v) is 18.7. The molecule has 3 rings (SSSR count). The Morgan fingerprint density at radius 2 is 1.87 bits per heavy atom. The highest BCUT2D eigenvalue weighted by molar-refractivity contribution is 7.99. The summed E-state index contributed by atoms with van der Waals surface area (Å²) < 4.78 is 44.8. The number of rotatable bonds is 8. The van der Waals surface area contributed by atoms with Crippen molar-refractivity contribution in [3.8, 4) is 28.7 Å². The van der Waals surface area contributed by atoms with Crippen LogP contribution in [0, 0.1) is 0 Å². The highest BCUT2D eigenvalue weighted by Crippen LogP contribution is 2.41. The van der Waals surface area contributed by atoms with Crippen LogP contribution in [0.2, 0.25) is 0 Å². The third-order valence-electron chi connectivity index (χ3n) is 4.79. The molecule has 1 aromatic heterocycles. The van der Waals surface area contributed by atoms with Crippen LogP contribution in [-0.2, 0) is 14.6 Å². The van der Waals surface area contributed by atoms with Crippen molar-refractivity contribution in [2.24, 2.45) is 0 Å². The van der Waals surface area contributed by atoms with E-state index in [-0.39, 0.29) is 40.3 Å². The lowest BCUT2D eigenvalue weighted by Gasteiger charge is -2.22. The van der Waals surface area contributed by atoms with E-state index in [0.717, 1.165) is 11.8 Å². The van der Waals surface area contributed by atoms with Gasteiger partial charge in [-0.2, -0.15) is 0 Å². The van der Waals surface area contributed by atoms with Crippen LogP contribution in [0.3, 0.4) is 0 Å².